The minimum Gasteiger partial charge on any atom is -0.343 e. The van der Waals surface area contributed by atoms with Crippen LogP contribution in [0.15, 0.2) is 0 Å². The van der Waals surface area contributed by atoms with Crippen molar-refractivity contribution in [3.8, 4) is 0 Å². The van der Waals surface area contributed by atoms with Crippen molar-refractivity contribution in [3.63, 3.8) is 0 Å². The molecule has 0 aromatic rings. The van der Waals surface area contributed by atoms with E-state index < -0.39 is 0 Å². The molecule has 0 aromatic heterocycles. The highest BCUT2D eigenvalue weighted by Gasteiger charge is 2.50. The summed E-state index contributed by atoms with van der Waals surface area (Å²) in [7, 11) is 0. The van der Waals surface area contributed by atoms with Crippen LogP contribution in [0.4, 0.5) is 0 Å². The molecule has 158 valence electrons. The molecule has 1 atom stereocenters. The van der Waals surface area contributed by atoms with Gasteiger partial charge in [0.1, 0.15) is 0 Å². The van der Waals surface area contributed by atoms with Crippen LogP contribution in [0.1, 0.15) is 96.8 Å². The molecule has 0 bridgehead atoms. The largest absolute Gasteiger partial charge is 0.343 e. The molecule has 1 spiro atoms. The van der Waals surface area contributed by atoms with Gasteiger partial charge in [0.05, 0.1) is 0 Å². The molecule has 2 aliphatic heterocycles. The van der Waals surface area contributed by atoms with Crippen LogP contribution in [0.2, 0.25) is 0 Å². The minimum absolute atomic E-state index is 0.131. The lowest BCUT2D eigenvalue weighted by molar-refractivity contribution is -0.142. The quantitative estimate of drug-likeness (QED) is 0.696. The first-order valence-electron chi connectivity index (χ1n) is 12.1. The molecule has 4 rings (SSSR count). The third-order valence-electron chi connectivity index (χ3n) is 8.59. The van der Waals surface area contributed by atoms with Crippen LogP contribution in [0.3, 0.4) is 0 Å². The Kier molecular flexibility index (Phi) is 6.04. The molecule has 2 saturated carbocycles. The second-order valence-corrected chi connectivity index (χ2v) is 10.6. The van der Waals surface area contributed by atoms with Gasteiger partial charge in [0, 0.05) is 38.0 Å². The normalized spacial score (nSPS) is 29.4. The molecule has 4 fully saturated rings. The van der Waals surface area contributed by atoms with Gasteiger partial charge in [-0.2, -0.15) is 0 Å². The van der Waals surface area contributed by atoms with Crippen molar-refractivity contribution >= 4 is 11.8 Å². The molecule has 2 saturated heterocycles. The summed E-state index contributed by atoms with van der Waals surface area (Å²) >= 11 is 0. The molecule has 0 radical (unpaired) electrons. The van der Waals surface area contributed by atoms with E-state index in [4.69, 9.17) is 0 Å². The maximum Gasteiger partial charge on any atom is 0.228 e. The zero-order valence-corrected chi connectivity index (χ0v) is 18.0. The highest BCUT2D eigenvalue weighted by Crippen LogP contribution is 2.50. The SMILES string of the molecule is CC1(C(=O)N2CC(CCC(=O)N3CCCC3)C3(CCCCC3)C2)CCCCC1. The molecular formula is C24H40N2O2. The van der Waals surface area contributed by atoms with Gasteiger partial charge in [0.25, 0.3) is 0 Å². The van der Waals surface area contributed by atoms with Crippen LogP contribution in [-0.2, 0) is 9.59 Å². The zero-order chi connectivity index (χ0) is 19.6. The lowest BCUT2D eigenvalue weighted by Gasteiger charge is -2.39. The number of hydrogen-bond donors (Lipinski definition) is 0. The third kappa shape index (κ3) is 3.98. The van der Waals surface area contributed by atoms with Gasteiger partial charge in [-0.15, -0.1) is 0 Å². The standard InChI is InChI=1S/C24H40N2O2/c1-23(12-4-2-5-13-23)22(28)26-18-20(24(19-26)14-6-3-7-15-24)10-11-21(27)25-16-8-9-17-25/h20H,2-19H2,1H3. The minimum atomic E-state index is -0.131. The highest BCUT2D eigenvalue weighted by atomic mass is 16.2. The molecular weight excluding hydrogens is 348 g/mol. The smallest absolute Gasteiger partial charge is 0.228 e. The van der Waals surface area contributed by atoms with Crippen LogP contribution in [0.5, 0.6) is 0 Å². The second-order valence-electron chi connectivity index (χ2n) is 10.6. The lowest BCUT2D eigenvalue weighted by atomic mass is 9.66. The Labute approximate surface area is 171 Å². The Morgan fingerprint density at radius 3 is 2.07 bits per heavy atom. The van der Waals surface area contributed by atoms with Gasteiger partial charge in [-0.3, -0.25) is 9.59 Å². The van der Waals surface area contributed by atoms with Gasteiger partial charge in [0.15, 0.2) is 0 Å². The molecule has 4 aliphatic rings. The molecule has 28 heavy (non-hydrogen) atoms. The van der Waals surface area contributed by atoms with Crippen molar-refractivity contribution in [2.75, 3.05) is 26.2 Å². The molecule has 2 heterocycles. The average Bonchev–Trinajstić information content (AvgIpc) is 3.36. The van der Waals surface area contributed by atoms with Gasteiger partial charge >= 0.3 is 0 Å². The number of amides is 2. The summed E-state index contributed by atoms with van der Waals surface area (Å²) in [6, 6.07) is 0. The van der Waals surface area contributed by atoms with E-state index in [0.29, 0.717) is 29.6 Å². The van der Waals surface area contributed by atoms with Gasteiger partial charge in [-0.25, -0.2) is 0 Å². The molecule has 2 aliphatic carbocycles. The molecule has 0 aromatic carbocycles. The van der Waals surface area contributed by atoms with Crippen molar-refractivity contribution < 1.29 is 9.59 Å². The van der Waals surface area contributed by atoms with Gasteiger partial charge in [0.2, 0.25) is 11.8 Å². The van der Waals surface area contributed by atoms with Crippen LogP contribution in [-0.4, -0.2) is 47.8 Å². The summed E-state index contributed by atoms with van der Waals surface area (Å²) in [4.78, 5) is 30.4. The first-order chi connectivity index (χ1) is 13.5. The van der Waals surface area contributed by atoms with Crippen molar-refractivity contribution in [3.05, 3.63) is 0 Å². The summed E-state index contributed by atoms with van der Waals surface area (Å²) in [5, 5.41) is 0. The molecule has 2 amide bonds. The fraction of sp³-hybridized carbons (Fsp3) is 0.917. The predicted octanol–water partition coefficient (Wildman–Crippen LogP) is 4.77. The number of carbonyl (C=O) groups is 2. The second kappa shape index (κ2) is 8.36. The average molecular weight is 389 g/mol. The zero-order valence-electron chi connectivity index (χ0n) is 18.0. The first kappa shape index (κ1) is 20.2. The van der Waals surface area contributed by atoms with E-state index in [1.54, 1.807) is 0 Å². The van der Waals surface area contributed by atoms with Crippen molar-refractivity contribution in [2.24, 2.45) is 16.7 Å². The molecule has 4 nitrogen and oxygen atoms in total. The van der Waals surface area contributed by atoms with E-state index in [2.05, 4.69) is 16.7 Å². The maximum atomic E-state index is 13.5. The van der Waals surface area contributed by atoms with Crippen molar-refractivity contribution in [2.45, 2.75) is 96.8 Å². The Hall–Kier alpha value is -1.06. The summed E-state index contributed by atoms with van der Waals surface area (Å²) in [5.41, 5.74) is 0.165. The third-order valence-corrected chi connectivity index (χ3v) is 8.59. The number of carbonyl (C=O) groups excluding carboxylic acids is 2. The lowest BCUT2D eigenvalue weighted by Crippen LogP contribution is -2.43. The van der Waals surface area contributed by atoms with Crippen LogP contribution >= 0.6 is 0 Å². The Bertz CT molecular complexity index is 569. The van der Waals surface area contributed by atoms with E-state index in [1.807, 2.05) is 0 Å². The topological polar surface area (TPSA) is 40.6 Å². The number of rotatable bonds is 4. The van der Waals surface area contributed by atoms with Crippen LogP contribution < -0.4 is 0 Å². The number of hydrogen-bond acceptors (Lipinski definition) is 2. The van der Waals surface area contributed by atoms with Gasteiger partial charge < -0.3 is 9.80 Å². The molecule has 1 unspecified atom stereocenters. The summed E-state index contributed by atoms with van der Waals surface area (Å²) in [6.45, 7) is 5.99. The highest BCUT2D eigenvalue weighted by molar-refractivity contribution is 5.83. The van der Waals surface area contributed by atoms with E-state index in [9.17, 15) is 9.59 Å². The van der Waals surface area contributed by atoms with Crippen molar-refractivity contribution in [1.82, 2.24) is 9.80 Å². The van der Waals surface area contributed by atoms with E-state index in [1.165, 1.54) is 64.2 Å². The van der Waals surface area contributed by atoms with Crippen molar-refractivity contribution in [1.29, 1.82) is 0 Å². The Morgan fingerprint density at radius 2 is 1.43 bits per heavy atom. The van der Waals surface area contributed by atoms with Gasteiger partial charge in [-0.1, -0.05) is 45.4 Å². The monoisotopic (exact) mass is 388 g/mol. The van der Waals surface area contributed by atoms with E-state index in [-0.39, 0.29) is 5.41 Å². The summed E-state index contributed by atoms with van der Waals surface area (Å²) in [5.74, 6) is 1.30. The number of nitrogens with zero attached hydrogens (tertiary/aromatic N) is 2. The molecule has 0 N–H and O–H groups in total. The van der Waals surface area contributed by atoms with Crippen LogP contribution in [0.25, 0.3) is 0 Å². The Balaban J connectivity index is 1.43. The van der Waals surface area contributed by atoms with E-state index in [0.717, 1.165) is 45.4 Å². The summed E-state index contributed by atoms with van der Waals surface area (Å²) in [6.07, 6.45) is 16.3. The van der Waals surface area contributed by atoms with E-state index >= 15 is 0 Å². The fourth-order valence-electron chi connectivity index (χ4n) is 6.76. The number of likely N-dealkylation sites (tertiary alicyclic amines) is 2. The predicted molar refractivity (Wildman–Crippen MR) is 112 cm³/mol. The first-order valence-corrected chi connectivity index (χ1v) is 12.1. The summed E-state index contributed by atoms with van der Waals surface area (Å²) < 4.78 is 0. The molecule has 4 heteroatoms. The Morgan fingerprint density at radius 1 is 0.821 bits per heavy atom. The van der Waals surface area contributed by atoms with Crippen LogP contribution in [0, 0.1) is 16.7 Å². The fourth-order valence-corrected chi connectivity index (χ4v) is 6.76. The maximum absolute atomic E-state index is 13.5. The van der Waals surface area contributed by atoms with Gasteiger partial charge in [-0.05, 0) is 56.3 Å².